The van der Waals surface area contributed by atoms with Crippen LogP contribution in [0.5, 0.6) is 0 Å². The van der Waals surface area contributed by atoms with Gasteiger partial charge in [-0.25, -0.2) is 19.7 Å². The topological polar surface area (TPSA) is 68.2 Å². The minimum atomic E-state index is -0.711. The van der Waals surface area contributed by atoms with Gasteiger partial charge in [-0.05, 0) is 49.2 Å². The van der Waals surface area contributed by atoms with Crippen LogP contribution in [0.1, 0.15) is 25.5 Å². The fourth-order valence-electron chi connectivity index (χ4n) is 4.21. The largest absolute Gasteiger partial charge is 0.441 e. The maximum Gasteiger partial charge on any atom is 0.415 e. The van der Waals surface area contributed by atoms with Crippen LogP contribution in [0.2, 0.25) is 0 Å². The number of cyclic esters (lactones) is 1. The Morgan fingerprint density at radius 3 is 2.30 bits per heavy atom. The number of hydrogen-bond acceptors (Lipinski definition) is 5. The van der Waals surface area contributed by atoms with Crippen molar-refractivity contribution < 1.29 is 13.9 Å². The Labute approximate surface area is 190 Å². The summed E-state index contributed by atoms with van der Waals surface area (Å²) in [6.45, 7) is 3.80. The van der Waals surface area contributed by atoms with Crippen LogP contribution in [0.15, 0.2) is 85.3 Å². The van der Waals surface area contributed by atoms with E-state index in [4.69, 9.17) is 4.74 Å². The number of anilines is 1. The van der Waals surface area contributed by atoms with Gasteiger partial charge in [0.1, 0.15) is 11.6 Å². The van der Waals surface area contributed by atoms with Gasteiger partial charge in [-0.3, -0.25) is 4.90 Å². The summed E-state index contributed by atoms with van der Waals surface area (Å²) >= 11 is 0. The number of amides is 1. The summed E-state index contributed by atoms with van der Waals surface area (Å²) < 4.78 is 20.3. The highest BCUT2D eigenvalue weighted by Gasteiger charge is 2.49. The Hall–Kier alpha value is -4.13. The van der Waals surface area contributed by atoms with Crippen molar-refractivity contribution >= 4 is 11.8 Å². The molecule has 0 aliphatic carbocycles. The predicted octanol–water partition coefficient (Wildman–Crippen LogP) is 5.82. The SMILES string of the molecule is CC1(C)OC(=O)N(c2ccc(-c3cc(-c4ncccn4)cnc3F)cc2)[C@H]1c1ccccc1. The summed E-state index contributed by atoms with van der Waals surface area (Å²) in [5.74, 6) is -0.123. The third-order valence-corrected chi connectivity index (χ3v) is 5.70. The van der Waals surface area contributed by atoms with Crippen LogP contribution < -0.4 is 4.90 Å². The van der Waals surface area contributed by atoms with E-state index in [0.29, 0.717) is 28.2 Å². The number of nitrogens with zero attached hydrogens (tertiary/aromatic N) is 4. The first-order valence-electron chi connectivity index (χ1n) is 10.5. The molecular formula is C26H21FN4O2. The number of rotatable bonds is 4. The molecule has 1 fully saturated rings. The Morgan fingerprint density at radius 1 is 0.909 bits per heavy atom. The Kier molecular flexibility index (Phi) is 5.09. The Bertz CT molecular complexity index is 1300. The first-order chi connectivity index (χ1) is 15.9. The summed E-state index contributed by atoms with van der Waals surface area (Å²) in [5, 5.41) is 0. The molecule has 1 atom stereocenters. The van der Waals surface area contributed by atoms with Crippen LogP contribution in [0, 0.1) is 5.95 Å². The number of hydrogen-bond donors (Lipinski definition) is 0. The van der Waals surface area contributed by atoms with E-state index in [2.05, 4.69) is 15.0 Å². The molecule has 0 unspecified atom stereocenters. The van der Waals surface area contributed by atoms with Gasteiger partial charge in [-0.15, -0.1) is 0 Å². The van der Waals surface area contributed by atoms with Crippen LogP contribution in [-0.4, -0.2) is 26.6 Å². The second kappa shape index (κ2) is 8.09. The van der Waals surface area contributed by atoms with E-state index in [0.717, 1.165) is 5.56 Å². The average Bonchev–Trinajstić information content (AvgIpc) is 3.08. The van der Waals surface area contributed by atoms with Crippen molar-refractivity contribution in [2.45, 2.75) is 25.5 Å². The van der Waals surface area contributed by atoms with E-state index >= 15 is 0 Å². The van der Waals surface area contributed by atoms with E-state index in [1.807, 2.05) is 44.2 Å². The van der Waals surface area contributed by atoms with Crippen molar-refractivity contribution in [1.82, 2.24) is 15.0 Å². The Balaban J connectivity index is 1.51. The standard InChI is InChI=1S/C26H21FN4O2/c1-26(2)22(18-7-4-3-5-8-18)31(25(32)33-26)20-11-9-17(10-12-20)21-15-19(16-30-23(21)27)24-28-13-6-14-29-24/h3-16,22H,1-2H3/t22-/m0/s1. The smallest absolute Gasteiger partial charge is 0.415 e. The summed E-state index contributed by atoms with van der Waals surface area (Å²) in [6.07, 6.45) is 4.24. The number of ether oxygens (including phenoxy) is 1. The number of pyridine rings is 1. The lowest BCUT2D eigenvalue weighted by molar-refractivity contribution is 0.0685. The zero-order valence-electron chi connectivity index (χ0n) is 18.1. The highest BCUT2D eigenvalue weighted by atomic mass is 19.1. The van der Waals surface area contributed by atoms with E-state index in [1.165, 1.54) is 6.20 Å². The minimum absolute atomic E-state index is 0.297. The molecule has 33 heavy (non-hydrogen) atoms. The fourth-order valence-corrected chi connectivity index (χ4v) is 4.21. The highest BCUT2D eigenvalue weighted by molar-refractivity contribution is 5.92. The normalized spacial score (nSPS) is 17.1. The molecular weight excluding hydrogens is 419 g/mol. The van der Waals surface area contributed by atoms with Gasteiger partial charge in [0.15, 0.2) is 5.82 Å². The monoisotopic (exact) mass is 440 g/mol. The quantitative estimate of drug-likeness (QED) is 0.374. The van der Waals surface area contributed by atoms with Gasteiger partial charge in [-0.2, -0.15) is 4.39 Å². The summed E-state index contributed by atoms with van der Waals surface area (Å²) in [7, 11) is 0. The number of carbonyl (C=O) groups excluding carboxylic acids is 1. The minimum Gasteiger partial charge on any atom is -0.441 e. The van der Waals surface area contributed by atoms with Crippen molar-refractivity contribution in [3.05, 3.63) is 96.8 Å². The zero-order valence-corrected chi connectivity index (χ0v) is 18.1. The van der Waals surface area contributed by atoms with E-state index in [1.54, 1.807) is 53.7 Å². The third-order valence-electron chi connectivity index (χ3n) is 5.70. The molecule has 0 spiro atoms. The molecule has 164 valence electrons. The predicted molar refractivity (Wildman–Crippen MR) is 123 cm³/mol. The molecule has 1 aliphatic rings. The molecule has 0 radical (unpaired) electrons. The lowest BCUT2D eigenvalue weighted by Crippen LogP contribution is -2.33. The molecule has 6 nitrogen and oxygen atoms in total. The molecule has 2 aromatic heterocycles. The first-order valence-corrected chi connectivity index (χ1v) is 10.5. The molecule has 5 rings (SSSR count). The second-order valence-electron chi connectivity index (χ2n) is 8.34. The van der Waals surface area contributed by atoms with Crippen molar-refractivity contribution in [1.29, 1.82) is 0 Å². The number of carbonyl (C=O) groups is 1. The molecule has 0 bridgehead atoms. The van der Waals surface area contributed by atoms with Gasteiger partial charge in [0.05, 0.1) is 0 Å². The molecule has 1 amide bonds. The summed E-state index contributed by atoms with van der Waals surface area (Å²) in [4.78, 5) is 26.7. The maximum atomic E-state index is 14.6. The first kappa shape index (κ1) is 20.8. The molecule has 7 heteroatoms. The van der Waals surface area contributed by atoms with Crippen molar-refractivity contribution in [2.24, 2.45) is 0 Å². The molecule has 0 saturated carbocycles. The zero-order chi connectivity index (χ0) is 23.0. The van der Waals surface area contributed by atoms with E-state index in [-0.39, 0.29) is 6.04 Å². The van der Waals surface area contributed by atoms with Gasteiger partial charge in [0.2, 0.25) is 5.95 Å². The van der Waals surface area contributed by atoms with Crippen molar-refractivity contribution in [3.63, 3.8) is 0 Å². The summed E-state index contributed by atoms with van der Waals surface area (Å²) in [6, 6.07) is 20.0. The summed E-state index contributed by atoms with van der Waals surface area (Å²) in [5.41, 5.74) is 2.50. The van der Waals surface area contributed by atoms with Gasteiger partial charge >= 0.3 is 6.09 Å². The molecule has 4 aromatic rings. The molecule has 3 heterocycles. The van der Waals surface area contributed by atoms with Crippen LogP contribution in [0.25, 0.3) is 22.5 Å². The third kappa shape index (κ3) is 3.82. The number of aromatic nitrogens is 3. The van der Waals surface area contributed by atoms with Crippen molar-refractivity contribution in [3.8, 4) is 22.5 Å². The van der Waals surface area contributed by atoms with E-state index in [9.17, 15) is 9.18 Å². The number of benzene rings is 2. The maximum absolute atomic E-state index is 14.6. The van der Waals surface area contributed by atoms with Gasteiger partial charge < -0.3 is 4.74 Å². The van der Waals surface area contributed by atoms with E-state index < -0.39 is 17.6 Å². The van der Waals surface area contributed by atoms with Gasteiger partial charge in [-0.1, -0.05) is 42.5 Å². The number of halogens is 1. The average molecular weight is 440 g/mol. The van der Waals surface area contributed by atoms with Crippen LogP contribution in [0.4, 0.5) is 14.9 Å². The van der Waals surface area contributed by atoms with Crippen LogP contribution in [-0.2, 0) is 4.74 Å². The van der Waals surface area contributed by atoms with Gasteiger partial charge in [0.25, 0.3) is 0 Å². The van der Waals surface area contributed by atoms with Crippen LogP contribution >= 0.6 is 0 Å². The molecule has 2 aromatic carbocycles. The van der Waals surface area contributed by atoms with Gasteiger partial charge in [0, 0.05) is 35.4 Å². The Morgan fingerprint density at radius 2 is 1.61 bits per heavy atom. The van der Waals surface area contributed by atoms with Crippen LogP contribution in [0.3, 0.4) is 0 Å². The lowest BCUT2D eigenvalue weighted by Gasteiger charge is -2.29. The highest BCUT2D eigenvalue weighted by Crippen LogP contribution is 2.44. The molecule has 1 saturated heterocycles. The molecule has 0 N–H and O–H groups in total. The second-order valence-corrected chi connectivity index (χ2v) is 8.34. The van der Waals surface area contributed by atoms with Crippen molar-refractivity contribution in [2.75, 3.05) is 4.90 Å². The fraction of sp³-hybridized carbons (Fsp3) is 0.154. The molecule has 1 aliphatic heterocycles. The lowest BCUT2D eigenvalue weighted by atomic mass is 9.91.